The Morgan fingerprint density at radius 2 is 1.96 bits per heavy atom. The second kappa shape index (κ2) is 6.28. The molecule has 3 rings (SSSR count). The average Bonchev–Trinajstić information content (AvgIpc) is 3.09. The Morgan fingerprint density at radius 3 is 2.52 bits per heavy atom. The van der Waals surface area contributed by atoms with Crippen LogP contribution in [0.3, 0.4) is 0 Å². The van der Waals surface area contributed by atoms with Crippen LogP contribution in [0.5, 0.6) is 0 Å². The number of nitrogens with zero attached hydrogens (tertiary/aromatic N) is 6. The van der Waals surface area contributed by atoms with Crippen LogP contribution in [0, 0.1) is 13.8 Å². The zero-order valence-electron chi connectivity index (χ0n) is 16.1. The number of carbonyl (C=O) groups excluding carboxylic acids is 1. The molecule has 25 heavy (non-hydrogen) atoms. The van der Waals surface area contributed by atoms with Crippen LogP contribution >= 0.6 is 0 Å². The summed E-state index contributed by atoms with van der Waals surface area (Å²) in [5.41, 5.74) is 1.52. The Hall–Kier alpha value is -2.18. The van der Waals surface area contributed by atoms with Gasteiger partial charge in [-0.25, -0.2) is 9.67 Å². The third-order valence-electron chi connectivity index (χ3n) is 4.80. The van der Waals surface area contributed by atoms with E-state index in [-0.39, 0.29) is 17.4 Å². The molecule has 0 aromatic carbocycles. The average molecular weight is 344 g/mol. The largest absolute Gasteiger partial charge is 0.335 e. The lowest BCUT2D eigenvalue weighted by Gasteiger charge is -2.33. The summed E-state index contributed by atoms with van der Waals surface area (Å²) in [7, 11) is 1.84. The van der Waals surface area contributed by atoms with Crippen LogP contribution < -0.4 is 0 Å². The standard InChI is InChI=1S/C18H28N6O/c1-12-19-13(2)24(20-12)14-8-7-9-23(11-14)17(25)15-10-16(18(3,4)5)21-22(15)6/h10,14H,7-9,11H2,1-6H3/t14-/m1/s1. The summed E-state index contributed by atoms with van der Waals surface area (Å²) in [5.74, 6) is 1.74. The molecule has 0 spiro atoms. The molecule has 2 aromatic rings. The normalized spacial score (nSPS) is 18.6. The smallest absolute Gasteiger partial charge is 0.272 e. The lowest BCUT2D eigenvalue weighted by atomic mass is 9.92. The molecule has 0 radical (unpaired) electrons. The highest BCUT2D eigenvalue weighted by atomic mass is 16.2. The van der Waals surface area contributed by atoms with Crippen LogP contribution in [0.15, 0.2) is 6.07 Å². The van der Waals surface area contributed by atoms with Crippen LogP contribution in [-0.2, 0) is 12.5 Å². The van der Waals surface area contributed by atoms with E-state index in [2.05, 4.69) is 36.0 Å². The Morgan fingerprint density at radius 1 is 1.24 bits per heavy atom. The van der Waals surface area contributed by atoms with Crippen molar-refractivity contribution < 1.29 is 4.79 Å². The van der Waals surface area contributed by atoms with Gasteiger partial charge in [0.25, 0.3) is 5.91 Å². The molecule has 0 N–H and O–H groups in total. The maximum Gasteiger partial charge on any atom is 0.272 e. The first kappa shape index (κ1) is 17.6. The van der Waals surface area contributed by atoms with Crippen molar-refractivity contribution >= 4 is 5.91 Å². The van der Waals surface area contributed by atoms with E-state index >= 15 is 0 Å². The van der Waals surface area contributed by atoms with E-state index in [9.17, 15) is 4.79 Å². The summed E-state index contributed by atoms with van der Waals surface area (Å²) < 4.78 is 3.68. The molecule has 1 aliphatic rings. The van der Waals surface area contributed by atoms with Gasteiger partial charge >= 0.3 is 0 Å². The fourth-order valence-corrected chi connectivity index (χ4v) is 3.42. The number of carbonyl (C=O) groups is 1. The highest BCUT2D eigenvalue weighted by Gasteiger charge is 2.30. The van der Waals surface area contributed by atoms with Crippen molar-refractivity contribution in [2.45, 2.75) is 58.9 Å². The number of aryl methyl sites for hydroxylation is 3. The fraction of sp³-hybridized carbons (Fsp3) is 0.667. The van der Waals surface area contributed by atoms with Crippen molar-refractivity contribution in [1.82, 2.24) is 29.4 Å². The third kappa shape index (κ3) is 3.45. The van der Waals surface area contributed by atoms with Gasteiger partial charge in [0, 0.05) is 25.6 Å². The molecule has 1 amide bonds. The summed E-state index contributed by atoms with van der Waals surface area (Å²) in [4.78, 5) is 19.4. The molecule has 136 valence electrons. The molecule has 0 saturated carbocycles. The summed E-state index contributed by atoms with van der Waals surface area (Å²) in [5, 5.41) is 9.04. The molecule has 0 bridgehead atoms. The van der Waals surface area contributed by atoms with Crippen LogP contribution in [0.4, 0.5) is 0 Å². The number of rotatable bonds is 2. The van der Waals surface area contributed by atoms with Crippen molar-refractivity contribution in [3.8, 4) is 0 Å². The lowest BCUT2D eigenvalue weighted by molar-refractivity contribution is 0.0660. The zero-order chi connectivity index (χ0) is 18.4. The van der Waals surface area contributed by atoms with E-state index in [1.807, 2.05) is 36.5 Å². The number of likely N-dealkylation sites (tertiary alicyclic amines) is 1. The summed E-state index contributed by atoms with van der Waals surface area (Å²) in [6.07, 6.45) is 1.99. The van der Waals surface area contributed by atoms with Gasteiger partial charge in [-0.05, 0) is 32.8 Å². The summed E-state index contributed by atoms with van der Waals surface area (Å²) in [6.45, 7) is 11.6. The van der Waals surface area contributed by atoms with Crippen LogP contribution in [0.1, 0.15) is 67.5 Å². The number of aromatic nitrogens is 5. The number of hydrogen-bond donors (Lipinski definition) is 0. The number of piperidine rings is 1. The summed E-state index contributed by atoms with van der Waals surface area (Å²) >= 11 is 0. The third-order valence-corrected chi connectivity index (χ3v) is 4.80. The molecule has 2 aromatic heterocycles. The van der Waals surface area contributed by atoms with Gasteiger partial charge in [0.1, 0.15) is 17.3 Å². The van der Waals surface area contributed by atoms with Crippen molar-refractivity contribution in [3.05, 3.63) is 29.1 Å². The topological polar surface area (TPSA) is 68.8 Å². The molecule has 7 nitrogen and oxygen atoms in total. The van der Waals surface area contributed by atoms with E-state index in [1.54, 1.807) is 4.68 Å². The molecular formula is C18H28N6O. The molecule has 0 unspecified atom stereocenters. The molecular weight excluding hydrogens is 316 g/mol. The first-order valence-electron chi connectivity index (χ1n) is 8.90. The quantitative estimate of drug-likeness (QED) is 0.839. The van der Waals surface area contributed by atoms with E-state index in [0.29, 0.717) is 12.2 Å². The van der Waals surface area contributed by atoms with Gasteiger partial charge in [-0.3, -0.25) is 9.48 Å². The minimum Gasteiger partial charge on any atom is -0.335 e. The van der Waals surface area contributed by atoms with Crippen LogP contribution in [0.25, 0.3) is 0 Å². The molecule has 7 heteroatoms. The highest BCUT2D eigenvalue weighted by Crippen LogP contribution is 2.25. The fourth-order valence-electron chi connectivity index (χ4n) is 3.42. The zero-order valence-corrected chi connectivity index (χ0v) is 16.1. The molecule has 0 aliphatic carbocycles. The van der Waals surface area contributed by atoms with Gasteiger partial charge in [-0.15, -0.1) is 0 Å². The maximum absolute atomic E-state index is 13.0. The minimum atomic E-state index is -0.0733. The molecule has 1 fully saturated rings. The first-order valence-corrected chi connectivity index (χ1v) is 8.90. The van der Waals surface area contributed by atoms with Gasteiger partial charge in [0.05, 0.1) is 11.7 Å². The van der Waals surface area contributed by atoms with Crippen LogP contribution in [-0.4, -0.2) is 48.4 Å². The first-order chi connectivity index (χ1) is 11.7. The Kier molecular flexibility index (Phi) is 4.43. The van der Waals surface area contributed by atoms with E-state index in [4.69, 9.17) is 0 Å². The second-order valence-corrected chi connectivity index (χ2v) is 7.99. The van der Waals surface area contributed by atoms with Crippen molar-refractivity contribution in [1.29, 1.82) is 0 Å². The van der Waals surface area contributed by atoms with E-state index in [0.717, 1.165) is 36.7 Å². The van der Waals surface area contributed by atoms with Gasteiger partial charge in [0.15, 0.2) is 0 Å². The number of amides is 1. The maximum atomic E-state index is 13.0. The van der Waals surface area contributed by atoms with Crippen molar-refractivity contribution in [2.75, 3.05) is 13.1 Å². The molecule has 1 atom stereocenters. The SMILES string of the molecule is Cc1nc(C)n([C@@H]2CCCN(C(=O)c3cc(C(C)(C)C)nn3C)C2)n1. The number of hydrogen-bond acceptors (Lipinski definition) is 4. The predicted molar refractivity (Wildman–Crippen MR) is 95.6 cm³/mol. The van der Waals surface area contributed by atoms with Crippen LogP contribution in [0.2, 0.25) is 0 Å². The Labute approximate surface area is 149 Å². The van der Waals surface area contributed by atoms with Gasteiger partial charge in [-0.2, -0.15) is 10.2 Å². The van der Waals surface area contributed by atoms with Gasteiger partial charge in [0.2, 0.25) is 0 Å². The lowest BCUT2D eigenvalue weighted by Crippen LogP contribution is -2.41. The molecule has 1 saturated heterocycles. The molecule has 3 heterocycles. The highest BCUT2D eigenvalue weighted by molar-refractivity contribution is 5.92. The van der Waals surface area contributed by atoms with Crippen molar-refractivity contribution in [2.24, 2.45) is 7.05 Å². The predicted octanol–water partition coefficient (Wildman–Crippen LogP) is 2.40. The summed E-state index contributed by atoms with van der Waals surface area (Å²) in [6, 6.07) is 2.12. The van der Waals surface area contributed by atoms with Gasteiger partial charge in [-0.1, -0.05) is 20.8 Å². The van der Waals surface area contributed by atoms with Gasteiger partial charge < -0.3 is 4.90 Å². The van der Waals surface area contributed by atoms with E-state index in [1.165, 1.54) is 0 Å². The molecule has 1 aliphatic heterocycles. The minimum absolute atomic E-state index is 0.0460. The van der Waals surface area contributed by atoms with E-state index < -0.39 is 0 Å². The second-order valence-electron chi connectivity index (χ2n) is 7.99. The monoisotopic (exact) mass is 344 g/mol. The Bertz CT molecular complexity index is 782. The van der Waals surface area contributed by atoms with Crippen molar-refractivity contribution in [3.63, 3.8) is 0 Å². The Balaban J connectivity index is 1.81.